The van der Waals surface area contributed by atoms with Gasteiger partial charge in [-0.2, -0.15) is 0 Å². The van der Waals surface area contributed by atoms with E-state index in [2.05, 4.69) is 68.9 Å². The predicted octanol–water partition coefficient (Wildman–Crippen LogP) is 4.24. The van der Waals surface area contributed by atoms with Crippen LogP contribution in [0, 0.1) is 5.92 Å². The second-order valence-electron chi connectivity index (χ2n) is 7.17. The molecule has 0 saturated carbocycles. The van der Waals surface area contributed by atoms with Crippen molar-refractivity contribution >= 4 is 6.34 Å². The molecule has 1 atom stereocenters. The van der Waals surface area contributed by atoms with Crippen molar-refractivity contribution in [1.82, 2.24) is 5.32 Å². The summed E-state index contributed by atoms with van der Waals surface area (Å²) in [5.41, 5.74) is 9.50. The van der Waals surface area contributed by atoms with Gasteiger partial charge < -0.3 is 15.8 Å². The SMILES string of the molecule is C=C(/C=C(CN=CN)\C(=C/C)CCOC(C)(C)C)NC1=CC(C)C=C1. The highest BCUT2D eigenvalue weighted by atomic mass is 16.5. The molecule has 25 heavy (non-hydrogen) atoms. The monoisotopic (exact) mass is 343 g/mol. The van der Waals surface area contributed by atoms with Gasteiger partial charge in [-0.05, 0) is 63.3 Å². The Hall–Kier alpha value is -2.07. The van der Waals surface area contributed by atoms with Gasteiger partial charge in [0, 0.05) is 11.4 Å². The summed E-state index contributed by atoms with van der Waals surface area (Å²) in [7, 11) is 0. The Labute approximate surface area is 152 Å². The maximum absolute atomic E-state index is 5.85. The van der Waals surface area contributed by atoms with Crippen LogP contribution in [0.15, 0.2) is 64.5 Å². The molecule has 3 N–H and O–H groups in total. The first-order valence-electron chi connectivity index (χ1n) is 8.81. The van der Waals surface area contributed by atoms with Crippen LogP contribution >= 0.6 is 0 Å². The smallest absolute Gasteiger partial charge is 0.0801 e. The quantitative estimate of drug-likeness (QED) is 0.374. The second kappa shape index (κ2) is 10.0. The molecule has 138 valence electrons. The van der Waals surface area contributed by atoms with E-state index in [1.807, 2.05) is 13.0 Å². The lowest BCUT2D eigenvalue weighted by molar-refractivity contribution is -0.000825. The molecule has 0 bridgehead atoms. The number of nitrogens with zero attached hydrogens (tertiary/aromatic N) is 1. The van der Waals surface area contributed by atoms with Gasteiger partial charge in [-0.3, -0.25) is 4.99 Å². The second-order valence-corrected chi connectivity index (χ2v) is 7.17. The maximum atomic E-state index is 5.85. The van der Waals surface area contributed by atoms with Gasteiger partial charge >= 0.3 is 0 Å². The van der Waals surface area contributed by atoms with Crippen molar-refractivity contribution in [2.45, 2.75) is 46.6 Å². The van der Waals surface area contributed by atoms with Gasteiger partial charge in [0.05, 0.1) is 25.1 Å². The summed E-state index contributed by atoms with van der Waals surface area (Å²) < 4.78 is 5.85. The fourth-order valence-electron chi connectivity index (χ4n) is 2.51. The third-order valence-electron chi connectivity index (χ3n) is 3.71. The van der Waals surface area contributed by atoms with Crippen molar-refractivity contribution in [2.24, 2.45) is 16.6 Å². The Morgan fingerprint density at radius 2 is 2.12 bits per heavy atom. The largest absolute Gasteiger partial charge is 0.390 e. The molecular formula is C21H33N3O. The van der Waals surface area contributed by atoms with Gasteiger partial charge in [-0.15, -0.1) is 0 Å². The number of rotatable bonds is 9. The fourth-order valence-corrected chi connectivity index (χ4v) is 2.51. The van der Waals surface area contributed by atoms with Crippen molar-refractivity contribution < 1.29 is 4.74 Å². The summed E-state index contributed by atoms with van der Waals surface area (Å²) in [5, 5.41) is 3.34. The molecule has 0 aromatic heterocycles. The van der Waals surface area contributed by atoms with Gasteiger partial charge in [0.25, 0.3) is 0 Å². The van der Waals surface area contributed by atoms with Crippen LogP contribution in [0.5, 0.6) is 0 Å². The highest BCUT2D eigenvalue weighted by Crippen LogP contribution is 2.19. The minimum atomic E-state index is -0.138. The van der Waals surface area contributed by atoms with Crippen LogP contribution in [0.4, 0.5) is 0 Å². The summed E-state index contributed by atoms with van der Waals surface area (Å²) in [4.78, 5) is 4.20. The lowest BCUT2D eigenvalue weighted by Gasteiger charge is -2.20. The summed E-state index contributed by atoms with van der Waals surface area (Å²) in [6, 6.07) is 0. The van der Waals surface area contributed by atoms with Crippen LogP contribution in [-0.4, -0.2) is 25.1 Å². The number of nitrogens with two attached hydrogens (primary N) is 1. The molecule has 0 spiro atoms. The van der Waals surface area contributed by atoms with Gasteiger partial charge in [0.15, 0.2) is 0 Å². The number of ether oxygens (including phenoxy) is 1. The third kappa shape index (κ3) is 8.54. The van der Waals surface area contributed by atoms with Gasteiger partial charge in [-0.25, -0.2) is 0 Å². The van der Waals surface area contributed by atoms with Crippen molar-refractivity contribution in [2.75, 3.05) is 13.2 Å². The Balaban J connectivity index is 2.80. The Bertz CT molecular complexity index is 601. The van der Waals surface area contributed by atoms with E-state index in [-0.39, 0.29) is 5.60 Å². The van der Waals surface area contributed by atoms with Crippen LogP contribution in [-0.2, 0) is 4.74 Å². The van der Waals surface area contributed by atoms with Crippen LogP contribution in [0.25, 0.3) is 0 Å². The van der Waals surface area contributed by atoms with Gasteiger partial charge in [0.1, 0.15) is 0 Å². The number of allylic oxidation sites excluding steroid dienone is 5. The Kier molecular flexibility index (Phi) is 8.42. The van der Waals surface area contributed by atoms with Crippen LogP contribution in [0.3, 0.4) is 0 Å². The molecule has 0 aliphatic heterocycles. The van der Waals surface area contributed by atoms with E-state index in [4.69, 9.17) is 10.5 Å². The summed E-state index contributed by atoms with van der Waals surface area (Å²) >= 11 is 0. The van der Waals surface area contributed by atoms with E-state index >= 15 is 0 Å². The van der Waals surface area contributed by atoms with Crippen LogP contribution < -0.4 is 11.1 Å². The molecule has 0 amide bonds. The number of aliphatic imine (C=N–C) groups is 1. The molecule has 1 unspecified atom stereocenters. The molecular weight excluding hydrogens is 310 g/mol. The zero-order valence-corrected chi connectivity index (χ0v) is 16.3. The molecule has 1 aliphatic carbocycles. The van der Waals surface area contributed by atoms with E-state index < -0.39 is 0 Å². The van der Waals surface area contributed by atoms with Crippen molar-refractivity contribution in [1.29, 1.82) is 0 Å². The van der Waals surface area contributed by atoms with Crippen molar-refractivity contribution in [3.8, 4) is 0 Å². The molecule has 0 aromatic carbocycles. The molecule has 4 nitrogen and oxygen atoms in total. The summed E-state index contributed by atoms with van der Waals surface area (Å²) in [6.45, 7) is 15.7. The van der Waals surface area contributed by atoms with E-state index in [1.54, 1.807) is 0 Å². The lowest BCUT2D eigenvalue weighted by atomic mass is 10.0. The minimum absolute atomic E-state index is 0.138. The Morgan fingerprint density at radius 1 is 1.40 bits per heavy atom. The van der Waals surface area contributed by atoms with E-state index in [0.717, 1.165) is 23.4 Å². The number of hydrogen-bond acceptors (Lipinski definition) is 3. The first-order chi connectivity index (χ1) is 11.7. The van der Waals surface area contributed by atoms with Crippen molar-refractivity contribution in [3.05, 3.63) is 59.5 Å². The highest BCUT2D eigenvalue weighted by molar-refractivity contribution is 5.52. The summed E-state index contributed by atoms with van der Waals surface area (Å²) in [6.07, 6.45) is 12.7. The van der Waals surface area contributed by atoms with Gasteiger partial charge in [-0.1, -0.05) is 31.7 Å². The van der Waals surface area contributed by atoms with E-state index in [0.29, 0.717) is 19.1 Å². The third-order valence-corrected chi connectivity index (χ3v) is 3.71. The average molecular weight is 344 g/mol. The average Bonchev–Trinajstić information content (AvgIpc) is 2.92. The minimum Gasteiger partial charge on any atom is -0.390 e. The summed E-state index contributed by atoms with van der Waals surface area (Å²) in [5.74, 6) is 0.459. The lowest BCUT2D eigenvalue weighted by Crippen LogP contribution is -2.20. The fraction of sp³-hybridized carbons (Fsp3) is 0.476. The van der Waals surface area contributed by atoms with Crippen LogP contribution in [0.2, 0.25) is 0 Å². The molecule has 0 radical (unpaired) electrons. The van der Waals surface area contributed by atoms with E-state index in [9.17, 15) is 0 Å². The van der Waals surface area contributed by atoms with E-state index in [1.165, 1.54) is 11.9 Å². The van der Waals surface area contributed by atoms with Gasteiger partial charge in [0.2, 0.25) is 0 Å². The highest BCUT2D eigenvalue weighted by Gasteiger charge is 2.12. The number of nitrogens with one attached hydrogen (secondary N) is 1. The normalized spacial score (nSPS) is 18.8. The van der Waals surface area contributed by atoms with Crippen molar-refractivity contribution in [3.63, 3.8) is 0 Å². The topological polar surface area (TPSA) is 59.6 Å². The molecule has 0 fully saturated rings. The van der Waals surface area contributed by atoms with Crippen LogP contribution in [0.1, 0.15) is 41.0 Å². The molecule has 0 saturated heterocycles. The molecule has 0 aromatic rings. The first kappa shape index (κ1) is 21.0. The zero-order valence-electron chi connectivity index (χ0n) is 16.3. The zero-order chi connectivity index (χ0) is 18.9. The maximum Gasteiger partial charge on any atom is 0.0801 e. The predicted molar refractivity (Wildman–Crippen MR) is 108 cm³/mol. The molecule has 1 aliphatic rings. The Morgan fingerprint density at radius 3 is 2.64 bits per heavy atom. The number of hydrogen-bond donors (Lipinski definition) is 2. The molecule has 4 heteroatoms. The molecule has 0 heterocycles. The molecule has 1 rings (SSSR count). The standard InChI is InChI=1S/C21H33N3O/c1-7-18(10-11-25-21(4,5)6)19(14-23-15-22)13-17(3)24-20-9-8-16(2)12-20/h7-9,12-13,15-16,24H,3,10-11,14H2,1-2,4-6H3,(H2,22,23)/b18-7-,19-13-. The first-order valence-corrected chi connectivity index (χ1v) is 8.81.